The molecule has 0 radical (unpaired) electrons. The topological polar surface area (TPSA) is 49.4 Å². The van der Waals surface area contributed by atoms with Gasteiger partial charge in [0.05, 0.1) is 0 Å². The maximum Gasteiger partial charge on any atom is 0.248 e. The Kier molecular flexibility index (Phi) is 5.26. The molecule has 1 unspecified atom stereocenters. The van der Waals surface area contributed by atoms with Gasteiger partial charge in [-0.25, -0.2) is 17.2 Å². The molecule has 0 aliphatic carbocycles. The Labute approximate surface area is 117 Å². The van der Waals surface area contributed by atoms with E-state index in [4.69, 9.17) is 0 Å². The molecule has 0 spiro atoms. The normalized spacial score (nSPS) is 19.5. The fourth-order valence-corrected chi connectivity index (χ4v) is 3.51. The number of halogens is 3. The lowest BCUT2D eigenvalue weighted by molar-refractivity contribution is 0.381. The Hall–Kier alpha value is -0.760. The summed E-state index contributed by atoms with van der Waals surface area (Å²) in [5.41, 5.74) is 0. The summed E-state index contributed by atoms with van der Waals surface area (Å²) in [6, 6.07) is 2.75. The second-order valence-electron chi connectivity index (χ2n) is 4.22. The standard InChI is InChI=1S/C11H14F2N2O2S.ClH/c1-15(8-5-6-14-7-8)18(16,17)11-9(12)3-2-4-10(11)13;/h2-4,8,14H,5-7H2,1H3;1H. The molecule has 1 saturated heterocycles. The van der Waals surface area contributed by atoms with E-state index in [1.54, 1.807) is 0 Å². The average molecular weight is 313 g/mol. The van der Waals surface area contributed by atoms with Crippen molar-refractivity contribution in [1.29, 1.82) is 0 Å². The number of likely N-dealkylation sites (N-methyl/N-ethyl adjacent to an activating group) is 1. The molecule has 19 heavy (non-hydrogen) atoms. The van der Waals surface area contributed by atoms with Gasteiger partial charge in [0, 0.05) is 19.6 Å². The van der Waals surface area contributed by atoms with Gasteiger partial charge in [-0.15, -0.1) is 12.4 Å². The van der Waals surface area contributed by atoms with Crippen molar-refractivity contribution in [2.45, 2.75) is 17.4 Å². The van der Waals surface area contributed by atoms with E-state index in [-0.39, 0.29) is 18.4 Å². The zero-order valence-corrected chi connectivity index (χ0v) is 11.9. The summed E-state index contributed by atoms with van der Waals surface area (Å²) in [6.07, 6.45) is 0.631. The maximum atomic E-state index is 13.5. The second kappa shape index (κ2) is 6.13. The highest BCUT2D eigenvalue weighted by Gasteiger charge is 2.33. The Balaban J connectivity index is 0.00000180. The van der Waals surface area contributed by atoms with Gasteiger partial charge in [-0.2, -0.15) is 4.31 Å². The van der Waals surface area contributed by atoms with Crippen LogP contribution in [0.3, 0.4) is 0 Å². The fraction of sp³-hybridized carbons (Fsp3) is 0.455. The summed E-state index contributed by atoms with van der Waals surface area (Å²) in [5.74, 6) is -2.12. The molecular weight excluding hydrogens is 298 g/mol. The van der Waals surface area contributed by atoms with Crippen LogP contribution in [-0.4, -0.2) is 38.9 Å². The minimum absolute atomic E-state index is 0. The van der Waals surface area contributed by atoms with Gasteiger partial charge in [0.15, 0.2) is 4.90 Å². The lowest BCUT2D eigenvalue weighted by Crippen LogP contribution is -2.39. The largest absolute Gasteiger partial charge is 0.315 e. The number of hydrogen-bond donors (Lipinski definition) is 1. The molecule has 1 aromatic rings. The van der Waals surface area contributed by atoms with Crippen LogP contribution in [0.25, 0.3) is 0 Å². The van der Waals surface area contributed by atoms with E-state index < -0.39 is 26.6 Å². The Bertz CT molecular complexity index is 527. The van der Waals surface area contributed by atoms with Crippen LogP contribution in [0.5, 0.6) is 0 Å². The van der Waals surface area contributed by atoms with Gasteiger partial charge in [-0.3, -0.25) is 0 Å². The third-order valence-electron chi connectivity index (χ3n) is 3.10. The van der Waals surface area contributed by atoms with E-state index in [9.17, 15) is 17.2 Å². The lowest BCUT2D eigenvalue weighted by Gasteiger charge is -2.23. The van der Waals surface area contributed by atoms with Crippen LogP contribution in [0.2, 0.25) is 0 Å². The SMILES string of the molecule is CN(C1CCNC1)S(=O)(=O)c1c(F)cccc1F.Cl. The van der Waals surface area contributed by atoms with Crippen molar-refractivity contribution < 1.29 is 17.2 Å². The highest BCUT2D eigenvalue weighted by Crippen LogP contribution is 2.24. The number of hydrogen-bond acceptors (Lipinski definition) is 3. The first-order valence-corrected chi connectivity index (χ1v) is 7.01. The molecule has 4 nitrogen and oxygen atoms in total. The van der Waals surface area contributed by atoms with Crippen LogP contribution >= 0.6 is 12.4 Å². The van der Waals surface area contributed by atoms with Gasteiger partial charge in [0.25, 0.3) is 0 Å². The van der Waals surface area contributed by atoms with Crippen LogP contribution in [-0.2, 0) is 10.0 Å². The zero-order valence-electron chi connectivity index (χ0n) is 10.3. The van der Waals surface area contributed by atoms with Gasteiger partial charge < -0.3 is 5.32 Å². The fourth-order valence-electron chi connectivity index (χ4n) is 2.02. The summed E-state index contributed by atoms with van der Waals surface area (Å²) in [6.45, 7) is 1.19. The molecule has 0 bridgehead atoms. The van der Waals surface area contributed by atoms with Crippen molar-refractivity contribution in [2.75, 3.05) is 20.1 Å². The number of nitrogens with one attached hydrogen (secondary N) is 1. The summed E-state index contributed by atoms with van der Waals surface area (Å²) < 4.78 is 52.5. The van der Waals surface area contributed by atoms with Crippen molar-refractivity contribution in [1.82, 2.24) is 9.62 Å². The zero-order chi connectivity index (χ0) is 13.3. The maximum absolute atomic E-state index is 13.5. The molecule has 0 amide bonds. The molecule has 1 N–H and O–H groups in total. The molecule has 1 fully saturated rings. The minimum Gasteiger partial charge on any atom is -0.315 e. The molecule has 0 saturated carbocycles. The van der Waals surface area contributed by atoms with Gasteiger partial charge >= 0.3 is 0 Å². The number of nitrogens with zero attached hydrogens (tertiary/aromatic N) is 1. The Morgan fingerprint density at radius 1 is 1.32 bits per heavy atom. The van der Waals surface area contributed by atoms with Crippen LogP contribution in [0.15, 0.2) is 23.1 Å². The van der Waals surface area contributed by atoms with E-state index >= 15 is 0 Å². The molecule has 2 rings (SSSR count). The van der Waals surface area contributed by atoms with E-state index in [0.29, 0.717) is 19.5 Å². The van der Waals surface area contributed by atoms with Gasteiger partial charge in [0.2, 0.25) is 10.0 Å². The van der Waals surface area contributed by atoms with Gasteiger partial charge in [-0.05, 0) is 25.1 Å². The number of benzene rings is 1. The van der Waals surface area contributed by atoms with Crippen LogP contribution in [0.4, 0.5) is 8.78 Å². The average Bonchev–Trinajstić information content (AvgIpc) is 2.80. The third-order valence-corrected chi connectivity index (χ3v) is 5.07. The first-order chi connectivity index (χ1) is 8.44. The molecule has 8 heteroatoms. The van der Waals surface area contributed by atoms with E-state index in [2.05, 4.69) is 5.32 Å². The first-order valence-electron chi connectivity index (χ1n) is 5.57. The molecule has 1 heterocycles. The van der Waals surface area contributed by atoms with Crippen molar-refractivity contribution >= 4 is 22.4 Å². The second-order valence-corrected chi connectivity index (χ2v) is 6.15. The van der Waals surface area contributed by atoms with Gasteiger partial charge in [0.1, 0.15) is 11.6 Å². The summed E-state index contributed by atoms with van der Waals surface area (Å²) in [7, 11) is -2.79. The Morgan fingerprint density at radius 2 is 1.89 bits per heavy atom. The van der Waals surface area contributed by atoms with E-state index in [0.717, 1.165) is 22.5 Å². The summed E-state index contributed by atoms with van der Waals surface area (Å²) in [4.78, 5) is -0.876. The highest BCUT2D eigenvalue weighted by molar-refractivity contribution is 7.89. The third kappa shape index (κ3) is 3.05. The number of sulfonamides is 1. The smallest absolute Gasteiger partial charge is 0.248 e. The van der Waals surface area contributed by atoms with Crippen LogP contribution in [0.1, 0.15) is 6.42 Å². The van der Waals surface area contributed by atoms with Crippen molar-refractivity contribution in [2.24, 2.45) is 0 Å². The monoisotopic (exact) mass is 312 g/mol. The first kappa shape index (κ1) is 16.3. The number of rotatable bonds is 3. The molecule has 1 atom stereocenters. The predicted octanol–water partition coefficient (Wildman–Crippen LogP) is 1.37. The molecule has 1 aliphatic heterocycles. The lowest BCUT2D eigenvalue weighted by atomic mass is 10.3. The van der Waals surface area contributed by atoms with Crippen molar-refractivity contribution in [3.8, 4) is 0 Å². The molecule has 1 aliphatic rings. The molecular formula is C11H15ClF2N2O2S. The summed E-state index contributed by atoms with van der Waals surface area (Å²) >= 11 is 0. The molecule has 0 aromatic heterocycles. The highest BCUT2D eigenvalue weighted by atomic mass is 35.5. The summed E-state index contributed by atoms with van der Waals surface area (Å²) in [5, 5.41) is 3.01. The van der Waals surface area contributed by atoms with E-state index in [1.807, 2.05) is 0 Å². The van der Waals surface area contributed by atoms with Gasteiger partial charge in [-0.1, -0.05) is 6.07 Å². The molecule has 108 valence electrons. The predicted molar refractivity (Wildman–Crippen MR) is 69.8 cm³/mol. The van der Waals surface area contributed by atoms with Crippen molar-refractivity contribution in [3.05, 3.63) is 29.8 Å². The minimum atomic E-state index is -4.14. The quantitative estimate of drug-likeness (QED) is 0.917. The van der Waals surface area contributed by atoms with E-state index in [1.165, 1.54) is 7.05 Å². The van der Waals surface area contributed by atoms with Crippen LogP contribution < -0.4 is 5.32 Å². The molecule has 1 aromatic carbocycles. The van der Waals surface area contributed by atoms with Crippen LogP contribution in [0, 0.1) is 11.6 Å². The Morgan fingerprint density at radius 3 is 2.37 bits per heavy atom. The van der Waals surface area contributed by atoms with Crippen molar-refractivity contribution in [3.63, 3.8) is 0 Å².